The fourth-order valence-corrected chi connectivity index (χ4v) is 1.75. The molecule has 1 rings (SSSR count). The van der Waals surface area contributed by atoms with E-state index in [1.807, 2.05) is 7.05 Å². The minimum Gasteiger partial charge on any atom is -0.313 e. The van der Waals surface area contributed by atoms with Gasteiger partial charge in [0.15, 0.2) is 0 Å². The molecule has 1 aromatic carbocycles. The molecule has 0 aromatic heterocycles. The van der Waals surface area contributed by atoms with E-state index in [-0.39, 0.29) is 5.41 Å². The van der Waals surface area contributed by atoms with E-state index in [2.05, 4.69) is 56.4 Å². The lowest BCUT2D eigenvalue weighted by molar-refractivity contribution is 0.287. The van der Waals surface area contributed by atoms with Gasteiger partial charge in [-0.25, -0.2) is 0 Å². The van der Waals surface area contributed by atoms with Crippen LogP contribution in [0.3, 0.4) is 0 Å². The maximum absolute atomic E-state index is 3.36. The Morgan fingerprint density at radius 2 is 1.62 bits per heavy atom. The van der Waals surface area contributed by atoms with Crippen molar-refractivity contribution >= 4 is 0 Å². The van der Waals surface area contributed by atoms with Crippen LogP contribution in [0.1, 0.15) is 32.4 Å². The van der Waals surface area contributed by atoms with Crippen molar-refractivity contribution in [1.29, 1.82) is 0 Å². The number of rotatable bonds is 2. The van der Waals surface area contributed by atoms with Gasteiger partial charge < -0.3 is 5.32 Å². The van der Waals surface area contributed by atoms with Crippen molar-refractivity contribution in [1.82, 2.24) is 5.32 Å². The normalized spacial score (nSPS) is 14.2. The molecule has 0 spiro atoms. The second kappa shape index (κ2) is 3.93. The maximum Gasteiger partial charge on any atom is 0.0366 e. The van der Waals surface area contributed by atoms with Gasteiger partial charge in [-0.1, -0.05) is 51.1 Å². The minimum absolute atomic E-state index is 0.260. The summed E-state index contributed by atoms with van der Waals surface area (Å²) in [5.41, 5.74) is 1.62. The quantitative estimate of drug-likeness (QED) is 0.732. The smallest absolute Gasteiger partial charge is 0.0366 e. The van der Waals surface area contributed by atoms with Crippen LogP contribution in [0.25, 0.3) is 0 Å². The predicted octanol–water partition coefficient (Wildman–Crippen LogP) is 2.99. The van der Waals surface area contributed by atoms with E-state index in [4.69, 9.17) is 0 Å². The highest BCUT2D eigenvalue weighted by atomic mass is 14.9. The molecule has 1 heteroatoms. The Morgan fingerprint density at radius 3 is 2.00 bits per heavy atom. The van der Waals surface area contributed by atoms with Gasteiger partial charge >= 0.3 is 0 Å². The van der Waals surface area contributed by atoms with Crippen molar-refractivity contribution in [2.24, 2.45) is 5.41 Å². The molecule has 0 aliphatic carbocycles. The third kappa shape index (κ3) is 2.56. The van der Waals surface area contributed by atoms with E-state index in [9.17, 15) is 0 Å². The second-order valence-corrected chi connectivity index (χ2v) is 4.50. The van der Waals surface area contributed by atoms with Crippen molar-refractivity contribution in [2.45, 2.75) is 26.8 Å². The number of hydrogen-bond donors (Lipinski definition) is 1. The Bertz CT molecular complexity index is 246. The SMILES string of the molecule is CN[C@@H](c1ccccc1)C(C)(C)C. The van der Waals surface area contributed by atoms with Crippen LogP contribution >= 0.6 is 0 Å². The standard InChI is InChI=1S/C12H19N/c1-12(2,3)11(13-4)10-8-6-5-7-9-10/h5-9,11,13H,1-4H3/t11-/m0/s1. The first kappa shape index (κ1) is 10.3. The third-order valence-electron chi connectivity index (χ3n) is 2.29. The lowest BCUT2D eigenvalue weighted by atomic mass is 9.82. The van der Waals surface area contributed by atoms with Crippen LogP contribution in [0, 0.1) is 5.41 Å². The van der Waals surface area contributed by atoms with E-state index >= 15 is 0 Å². The first-order chi connectivity index (χ1) is 6.05. The van der Waals surface area contributed by atoms with Gasteiger partial charge in [0.1, 0.15) is 0 Å². The molecule has 0 fully saturated rings. The molecule has 0 amide bonds. The van der Waals surface area contributed by atoms with Crippen LogP contribution in [-0.4, -0.2) is 7.05 Å². The Kier molecular flexibility index (Phi) is 3.10. The van der Waals surface area contributed by atoms with E-state index in [1.54, 1.807) is 0 Å². The van der Waals surface area contributed by atoms with Gasteiger partial charge in [-0.2, -0.15) is 0 Å². The van der Waals surface area contributed by atoms with Crippen molar-refractivity contribution in [3.63, 3.8) is 0 Å². The van der Waals surface area contributed by atoms with Crippen molar-refractivity contribution < 1.29 is 0 Å². The summed E-state index contributed by atoms with van der Waals surface area (Å²) in [5.74, 6) is 0. The lowest BCUT2D eigenvalue weighted by Gasteiger charge is -2.30. The van der Waals surface area contributed by atoms with E-state index in [1.165, 1.54) is 5.56 Å². The van der Waals surface area contributed by atoms with Crippen LogP contribution in [0.4, 0.5) is 0 Å². The van der Waals surface area contributed by atoms with E-state index in [0.29, 0.717) is 6.04 Å². The third-order valence-corrected chi connectivity index (χ3v) is 2.29. The van der Waals surface area contributed by atoms with Gasteiger partial charge in [0, 0.05) is 6.04 Å². The van der Waals surface area contributed by atoms with Gasteiger partial charge in [0.05, 0.1) is 0 Å². The predicted molar refractivity (Wildman–Crippen MR) is 57.7 cm³/mol. The Labute approximate surface area is 81.2 Å². The zero-order chi connectivity index (χ0) is 9.90. The summed E-state index contributed by atoms with van der Waals surface area (Å²) in [6.45, 7) is 6.75. The molecule has 0 saturated carbocycles. The molecule has 0 saturated heterocycles. The molecule has 0 heterocycles. The Hall–Kier alpha value is -0.820. The Balaban J connectivity index is 2.92. The summed E-state index contributed by atoms with van der Waals surface area (Å²) in [4.78, 5) is 0. The summed E-state index contributed by atoms with van der Waals surface area (Å²) >= 11 is 0. The highest BCUT2D eigenvalue weighted by Crippen LogP contribution is 2.31. The number of nitrogens with one attached hydrogen (secondary N) is 1. The minimum atomic E-state index is 0.260. The molecule has 1 atom stereocenters. The van der Waals surface area contributed by atoms with Crippen LogP contribution < -0.4 is 5.32 Å². The largest absolute Gasteiger partial charge is 0.313 e. The molecular formula is C12H19N. The van der Waals surface area contributed by atoms with Crippen LogP contribution in [0.15, 0.2) is 30.3 Å². The maximum atomic E-state index is 3.36. The monoisotopic (exact) mass is 177 g/mol. The molecule has 1 N–H and O–H groups in total. The fourth-order valence-electron chi connectivity index (χ4n) is 1.75. The zero-order valence-corrected chi connectivity index (χ0v) is 8.96. The van der Waals surface area contributed by atoms with E-state index in [0.717, 1.165) is 0 Å². The molecule has 0 radical (unpaired) electrons. The molecule has 13 heavy (non-hydrogen) atoms. The van der Waals surface area contributed by atoms with Crippen molar-refractivity contribution in [2.75, 3.05) is 7.05 Å². The van der Waals surface area contributed by atoms with Gasteiger partial charge in [-0.3, -0.25) is 0 Å². The van der Waals surface area contributed by atoms with Crippen molar-refractivity contribution in [3.8, 4) is 0 Å². The first-order valence-electron chi connectivity index (χ1n) is 4.78. The average molecular weight is 177 g/mol. The molecule has 0 unspecified atom stereocenters. The molecule has 0 aliphatic rings. The van der Waals surface area contributed by atoms with Crippen molar-refractivity contribution in [3.05, 3.63) is 35.9 Å². The van der Waals surface area contributed by atoms with Gasteiger partial charge in [0.25, 0.3) is 0 Å². The summed E-state index contributed by atoms with van der Waals surface area (Å²) in [6.07, 6.45) is 0. The zero-order valence-electron chi connectivity index (χ0n) is 8.96. The van der Waals surface area contributed by atoms with Gasteiger partial charge in [0.2, 0.25) is 0 Å². The second-order valence-electron chi connectivity index (χ2n) is 4.50. The molecule has 72 valence electrons. The number of hydrogen-bond acceptors (Lipinski definition) is 1. The molecule has 1 aromatic rings. The fraction of sp³-hybridized carbons (Fsp3) is 0.500. The topological polar surface area (TPSA) is 12.0 Å². The molecule has 0 aliphatic heterocycles. The van der Waals surface area contributed by atoms with Gasteiger partial charge in [-0.15, -0.1) is 0 Å². The molecule has 1 nitrogen and oxygen atoms in total. The molecular weight excluding hydrogens is 158 g/mol. The lowest BCUT2D eigenvalue weighted by Crippen LogP contribution is -2.29. The summed E-state index contributed by atoms with van der Waals surface area (Å²) < 4.78 is 0. The van der Waals surface area contributed by atoms with Gasteiger partial charge in [-0.05, 0) is 18.0 Å². The summed E-state index contributed by atoms with van der Waals surface area (Å²) in [6, 6.07) is 11.0. The molecule has 0 bridgehead atoms. The Morgan fingerprint density at radius 1 is 1.08 bits per heavy atom. The average Bonchev–Trinajstić information content (AvgIpc) is 2.05. The highest BCUT2D eigenvalue weighted by Gasteiger charge is 2.23. The number of benzene rings is 1. The van der Waals surface area contributed by atoms with Crippen LogP contribution in [0.5, 0.6) is 0 Å². The van der Waals surface area contributed by atoms with E-state index < -0.39 is 0 Å². The van der Waals surface area contributed by atoms with Crippen LogP contribution in [0.2, 0.25) is 0 Å². The van der Waals surface area contributed by atoms with Crippen LogP contribution in [-0.2, 0) is 0 Å². The summed E-state index contributed by atoms with van der Waals surface area (Å²) in [5, 5.41) is 3.36. The summed E-state index contributed by atoms with van der Waals surface area (Å²) in [7, 11) is 2.02. The highest BCUT2D eigenvalue weighted by molar-refractivity contribution is 5.20. The first-order valence-corrected chi connectivity index (χ1v) is 4.78.